The molecule has 16 heavy (non-hydrogen) atoms. The van der Waals surface area contributed by atoms with Gasteiger partial charge in [-0.2, -0.15) is 13.2 Å². The Morgan fingerprint density at radius 1 is 1.44 bits per heavy atom. The van der Waals surface area contributed by atoms with Gasteiger partial charge in [0.2, 0.25) is 0 Å². The number of aliphatic carboxylic acids is 1. The molecule has 0 heterocycles. The topological polar surface area (TPSA) is 46.5 Å². The Kier molecular flexibility index (Phi) is 4.18. The molecule has 0 saturated heterocycles. The van der Waals surface area contributed by atoms with Crippen LogP contribution in [0.5, 0.6) is 0 Å². The molecule has 1 fully saturated rings. The fourth-order valence-electron chi connectivity index (χ4n) is 2.00. The first kappa shape index (κ1) is 13.3. The highest BCUT2D eigenvalue weighted by molar-refractivity contribution is 5.70. The zero-order valence-electron chi connectivity index (χ0n) is 8.96. The van der Waals surface area contributed by atoms with E-state index in [4.69, 9.17) is 5.11 Å². The number of halogens is 3. The number of ether oxygens (including phenoxy) is 1. The van der Waals surface area contributed by atoms with Gasteiger partial charge < -0.3 is 9.84 Å². The number of carboxylic acid groups (broad SMARTS) is 1. The van der Waals surface area contributed by atoms with Gasteiger partial charge in [-0.05, 0) is 25.2 Å². The molecule has 1 aliphatic carbocycles. The van der Waals surface area contributed by atoms with Gasteiger partial charge in [-0.15, -0.1) is 0 Å². The number of hydrogen-bond donors (Lipinski definition) is 1. The molecule has 1 rings (SSSR count). The van der Waals surface area contributed by atoms with Crippen molar-refractivity contribution in [2.75, 3.05) is 6.61 Å². The lowest BCUT2D eigenvalue weighted by molar-refractivity contribution is -0.198. The molecular formula is C10H15F3O3. The first-order valence-electron chi connectivity index (χ1n) is 5.20. The highest BCUT2D eigenvalue weighted by atomic mass is 19.4. The van der Waals surface area contributed by atoms with E-state index < -0.39 is 30.8 Å². The van der Waals surface area contributed by atoms with Crippen LogP contribution >= 0.6 is 0 Å². The first-order chi connectivity index (χ1) is 7.29. The van der Waals surface area contributed by atoms with E-state index in [1.54, 1.807) is 0 Å². The van der Waals surface area contributed by atoms with E-state index in [1.807, 2.05) is 6.92 Å². The third-order valence-corrected chi connectivity index (χ3v) is 2.83. The summed E-state index contributed by atoms with van der Waals surface area (Å²) in [5, 5.41) is 8.86. The van der Waals surface area contributed by atoms with Crippen LogP contribution in [-0.4, -0.2) is 30.0 Å². The molecule has 0 radical (unpaired) electrons. The highest BCUT2D eigenvalue weighted by Gasteiger charge is 2.37. The largest absolute Gasteiger partial charge is 0.481 e. The van der Waals surface area contributed by atoms with Crippen molar-refractivity contribution in [3.63, 3.8) is 0 Å². The van der Waals surface area contributed by atoms with Crippen LogP contribution in [0.3, 0.4) is 0 Å². The maximum Gasteiger partial charge on any atom is 0.411 e. The number of carbonyl (C=O) groups is 1. The average Bonchev–Trinajstić information content (AvgIpc) is 2.13. The predicted octanol–water partition coefficient (Wildman–Crippen LogP) is 2.45. The summed E-state index contributed by atoms with van der Waals surface area (Å²) in [4.78, 5) is 10.8. The lowest BCUT2D eigenvalue weighted by Crippen LogP contribution is -2.38. The van der Waals surface area contributed by atoms with Gasteiger partial charge in [0, 0.05) is 0 Å². The smallest absolute Gasteiger partial charge is 0.411 e. The number of rotatable bonds is 3. The lowest BCUT2D eigenvalue weighted by atomic mass is 9.80. The van der Waals surface area contributed by atoms with Crippen molar-refractivity contribution in [2.24, 2.45) is 11.8 Å². The van der Waals surface area contributed by atoms with E-state index in [0.29, 0.717) is 12.8 Å². The quantitative estimate of drug-likeness (QED) is 0.824. The Labute approximate surface area is 91.6 Å². The fraction of sp³-hybridized carbons (Fsp3) is 0.900. The monoisotopic (exact) mass is 240 g/mol. The number of carboxylic acids is 1. The normalized spacial score (nSPS) is 31.4. The fourth-order valence-corrected chi connectivity index (χ4v) is 2.00. The molecule has 94 valence electrons. The van der Waals surface area contributed by atoms with Gasteiger partial charge in [0.25, 0.3) is 0 Å². The first-order valence-corrected chi connectivity index (χ1v) is 5.20. The van der Waals surface area contributed by atoms with Crippen LogP contribution in [0.1, 0.15) is 26.2 Å². The zero-order chi connectivity index (χ0) is 12.3. The van der Waals surface area contributed by atoms with Crippen LogP contribution in [0.25, 0.3) is 0 Å². The van der Waals surface area contributed by atoms with Crippen LogP contribution < -0.4 is 0 Å². The van der Waals surface area contributed by atoms with Crippen molar-refractivity contribution in [3.8, 4) is 0 Å². The summed E-state index contributed by atoms with van der Waals surface area (Å²) in [6, 6.07) is 0. The third kappa shape index (κ3) is 4.00. The summed E-state index contributed by atoms with van der Waals surface area (Å²) < 4.78 is 40.6. The van der Waals surface area contributed by atoms with Crippen molar-refractivity contribution in [1.29, 1.82) is 0 Å². The average molecular weight is 240 g/mol. The van der Waals surface area contributed by atoms with Gasteiger partial charge in [0.15, 0.2) is 0 Å². The summed E-state index contributed by atoms with van der Waals surface area (Å²) in [6.45, 7) is 0.524. The SMILES string of the molecule is CC1CCC(C(=O)O)C(OCC(F)(F)F)C1. The van der Waals surface area contributed by atoms with Crippen molar-refractivity contribution >= 4 is 5.97 Å². The van der Waals surface area contributed by atoms with Crippen LogP contribution in [-0.2, 0) is 9.53 Å². The molecule has 0 aliphatic heterocycles. The molecule has 3 atom stereocenters. The molecule has 1 saturated carbocycles. The second-order valence-electron chi connectivity index (χ2n) is 4.33. The van der Waals surface area contributed by atoms with Crippen LogP contribution in [0.4, 0.5) is 13.2 Å². The maximum absolute atomic E-state index is 12.0. The van der Waals surface area contributed by atoms with Gasteiger partial charge in [-0.1, -0.05) is 6.92 Å². The summed E-state index contributed by atoms with van der Waals surface area (Å²) in [5.74, 6) is -1.66. The van der Waals surface area contributed by atoms with Crippen molar-refractivity contribution < 1.29 is 27.8 Å². The minimum Gasteiger partial charge on any atom is -0.481 e. The molecule has 1 N–H and O–H groups in total. The van der Waals surface area contributed by atoms with E-state index in [2.05, 4.69) is 4.74 Å². The lowest BCUT2D eigenvalue weighted by Gasteiger charge is -2.32. The molecule has 0 aromatic carbocycles. The third-order valence-electron chi connectivity index (χ3n) is 2.83. The molecule has 6 heteroatoms. The standard InChI is InChI=1S/C10H15F3O3/c1-6-2-3-7(9(14)15)8(4-6)16-5-10(11,12)13/h6-8H,2-5H2,1H3,(H,14,15). The zero-order valence-corrected chi connectivity index (χ0v) is 8.96. The van der Waals surface area contributed by atoms with Crippen LogP contribution in [0, 0.1) is 11.8 Å². The van der Waals surface area contributed by atoms with E-state index in [0.717, 1.165) is 6.42 Å². The minimum absolute atomic E-state index is 0.217. The highest BCUT2D eigenvalue weighted by Crippen LogP contribution is 2.32. The van der Waals surface area contributed by atoms with Gasteiger partial charge in [0.05, 0.1) is 12.0 Å². The van der Waals surface area contributed by atoms with Crippen molar-refractivity contribution in [1.82, 2.24) is 0 Å². The molecular weight excluding hydrogens is 225 g/mol. The Bertz CT molecular complexity index is 252. The number of hydrogen-bond acceptors (Lipinski definition) is 2. The van der Waals surface area contributed by atoms with E-state index in [9.17, 15) is 18.0 Å². The Hall–Kier alpha value is -0.780. The summed E-state index contributed by atoms with van der Waals surface area (Å²) in [5.41, 5.74) is 0. The number of alkyl halides is 3. The van der Waals surface area contributed by atoms with Gasteiger partial charge in [0.1, 0.15) is 6.61 Å². The van der Waals surface area contributed by atoms with Crippen LogP contribution in [0.2, 0.25) is 0 Å². The molecule has 0 aromatic heterocycles. The van der Waals surface area contributed by atoms with Crippen molar-refractivity contribution in [3.05, 3.63) is 0 Å². The molecule has 0 aromatic rings. The van der Waals surface area contributed by atoms with Crippen molar-refractivity contribution in [2.45, 2.75) is 38.5 Å². The van der Waals surface area contributed by atoms with E-state index >= 15 is 0 Å². The molecule has 1 aliphatic rings. The molecule has 0 amide bonds. The molecule has 3 unspecified atom stereocenters. The van der Waals surface area contributed by atoms with E-state index in [-0.39, 0.29) is 5.92 Å². The summed E-state index contributed by atoms with van der Waals surface area (Å²) >= 11 is 0. The summed E-state index contributed by atoms with van der Waals surface area (Å²) in [7, 11) is 0. The Morgan fingerprint density at radius 2 is 2.06 bits per heavy atom. The second kappa shape index (κ2) is 5.03. The minimum atomic E-state index is -4.40. The molecule has 0 spiro atoms. The predicted molar refractivity (Wildman–Crippen MR) is 49.9 cm³/mol. The van der Waals surface area contributed by atoms with Gasteiger partial charge in [-0.3, -0.25) is 4.79 Å². The van der Waals surface area contributed by atoms with Gasteiger partial charge in [-0.25, -0.2) is 0 Å². The maximum atomic E-state index is 12.0. The summed E-state index contributed by atoms with van der Waals surface area (Å²) in [6.07, 6.45) is -3.72. The van der Waals surface area contributed by atoms with E-state index in [1.165, 1.54) is 0 Å². The second-order valence-corrected chi connectivity index (χ2v) is 4.33. The Balaban J connectivity index is 2.54. The molecule has 0 bridgehead atoms. The molecule has 3 nitrogen and oxygen atoms in total. The Morgan fingerprint density at radius 3 is 2.56 bits per heavy atom. The van der Waals surface area contributed by atoms with Gasteiger partial charge >= 0.3 is 12.1 Å². The van der Waals surface area contributed by atoms with Crippen LogP contribution in [0.15, 0.2) is 0 Å².